The molecule has 2 nitrogen and oxygen atoms in total. The summed E-state index contributed by atoms with van der Waals surface area (Å²) in [6.07, 6.45) is 0. The summed E-state index contributed by atoms with van der Waals surface area (Å²) < 4.78 is 4.80. The van der Waals surface area contributed by atoms with Crippen molar-refractivity contribution in [3.8, 4) is 0 Å². The van der Waals surface area contributed by atoms with Crippen LogP contribution in [0.25, 0.3) is 43.6 Å². The Morgan fingerprint density at radius 3 is 1.84 bits per heavy atom. The number of nitrogens with zero attached hydrogens (tertiary/aromatic N) is 2. The Morgan fingerprint density at radius 1 is 0.600 bits per heavy atom. The highest BCUT2D eigenvalue weighted by Gasteiger charge is 2.21. The maximum absolute atomic E-state index is 2.48. The first-order valence-electron chi connectivity index (χ1n) is 8.87. The van der Waals surface area contributed by atoms with E-state index in [-0.39, 0.29) is 5.54 Å². The standard InChI is InChI=1S/C23H22N2/c1-23(2,3)25-20-12-8-6-10-16(20)18-13-17-15-9-5-7-11-19(15)24(4)21(17)14-22(18)25/h5-14H,1-4H3. The SMILES string of the molecule is Cn1c2ccccc2c2cc3c4ccccc4n(C(C)(C)C)c3cc21. The van der Waals surface area contributed by atoms with Gasteiger partial charge in [0.1, 0.15) is 0 Å². The van der Waals surface area contributed by atoms with Gasteiger partial charge in [0.2, 0.25) is 0 Å². The second kappa shape index (κ2) is 4.66. The van der Waals surface area contributed by atoms with Crippen LogP contribution in [0.3, 0.4) is 0 Å². The zero-order valence-electron chi connectivity index (χ0n) is 15.2. The Bertz CT molecular complexity index is 1280. The maximum Gasteiger partial charge on any atom is 0.0517 e. The monoisotopic (exact) mass is 326 g/mol. The van der Waals surface area contributed by atoms with Crippen molar-refractivity contribution < 1.29 is 0 Å². The number of hydrogen-bond acceptors (Lipinski definition) is 0. The molecule has 0 saturated heterocycles. The number of aryl methyl sites for hydroxylation is 1. The van der Waals surface area contributed by atoms with E-state index in [0.29, 0.717) is 0 Å². The number of benzene rings is 3. The van der Waals surface area contributed by atoms with Gasteiger partial charge >= 0.3 is 0 Å². The number of hydrogen-bond donors (Lipinski definition) is 0. The molecule has 2 heteroatoms. The molecule has 0 unspecified atom stereocenters. The molecule has 0 saturated carbocycles. The lowest BCUT2D eigenvalue weighted by Gasteiger charge is -2.24. The highest BCUT2D eigenvalue weighted by atomic mass is 15.1. The highest BCUT2D eigenvalue weighted by Crippen LogP contribution is 2.38. The van der Waals surface area contributed by atoms with Crippen LogP contribution < -0.4 is 0 Å². The van der Waals surface area contributed by atoms with Gasteiger partial charge in [-0.25, -0.2) is 0 Å². The second-order valence-corrected chi connectivity index (χ2v) is 7.99. The van der Waals surface area contributed by atoms with Crippen molar-refractivity contribution in [1.29, 1.82) is 0 Å². The lowest BCUT2D eigenvalue weighted by atomic mass is 10.1. The Labute approximate surface area is 147 Å². The van der Waals surface area contributed by atoms with E-state index >= 15 is 0 Å². The molecule has 0 aliphatic heterocycles. The highest BCUT2D eigenvalue weighted by molar-refractivity contribution is 6.18. The Hall–Kier alpha value is -2.74. The van der Waals surface area contributed by atoms with Gasteiger partial charge in [-0.2, -0.15) is 0 Å². The van der Waals surface area contributed by atoms with Crippen LogP contribution in [0, 0.1) is 0 Å². The van der Waals surface area contributed by atoms with E-state index in [2.05, 4.69) is 97.6 Å². The maximum atomic E-state index is 2.48. The Kier molecular flexibility index (Phi) is 2.72. The van der Waals surface area contributed by atoms with Crippen molar-refractivity contribution in [2.75, 3.05) is 0 Å². The molecular weight excluding hydrogens is 304 g/mol. The van der Waals surface area contributed by atoms with Crippen LogP contribution >= 0.6 is 0 Å². The molecular formula is C23H22N2. The number of aromatic nitrogens is 2. The normalized spacial score (nSPS) is 12.8. The smallest absolute Gasteiger partial charge is 0.0517 e. The molecule has 124 valence electrons. The van der Waals surface area contributed by atoms with Gasteiger partial charge in [0.15, 0.2) is 0 Å². The molecule has 0 N–H and O–H groups in total. The van der Waals surface area contributed by atoms with Crippen molar-refractivity contribution in [3.63, 3.8) is 0 Å². The summed E-state index contributed by atoms with van der Waals surface area (Å²) in [6.45, 7) is 6.85. The van der Waals surface area contributed by atoms with Crippen molar-refractivity contribution in [2.24, 2.45) is 7.05 Å². The molecule has 0 fully saturated rings. The van der Waals surface area contributed by atoms with Crippen LogP contribution in [-0.4, -0.2) is 9.13 Å². The molecule has 0 radical (unpaired) electrons. The van der Waals surface area contributed by atoms with Crippen molar-refractivity contribution in [3.05, 3.63) is 60.7 Å². The van der Waals surface area contributed by atoms with Gasteiger partial charge in [-0.3, -0.25) is 0 Å². The fraction of sp³-hybridized carbons (Fsp3) is 0.217. The minimum Gasteiger partial charge on any atom is -0.344 e. The lowest BCUT2D eigenvalue weighted by molar-refractivity contribution is 0.423. The molecule has 0 spiro atoms. The fourth-order valence-corrected chi connectivity index (χ4v) is 4.34. The predicted octanol–water partition coefficient (Wildman–Crippen LogP) is 6.19. The average molecular weight is 326 g/mol. The third-order valence-corrected chi connectivity index (χ3v) is 5.38. The molecule has 3 aromatic carbocycles. The van der Waals surface area contributed by atoms with Gasteiger partial charge in [-0.05, 0) is 45.0 Å². The molecule has 0 bridgehead atoms. The Morgan fingerprint density at radius 2 is 1.16 bits per heavy atom. The number of fused-ring (bicyclic) bond motifs is 6. The summed E-state index contributed by atoms with van der Waals surface area (Å²) in [6, 6.07) is 22.2. The van der Waals surface area contributed by atoms with Crippen LogP contribution in [0.15, 0.2) is 60.7 Å². The molecule has 2 heterocycles. The third-order valence-electron chi connectivity index (χ3n) is 5.38. The lowest BCUT2D eigenvalue weighted by Crippen LogP contribution is -2.21. The Balaban J connectivity index is 2.08. The van der Waals surface area contributed by atoms with E-state index in [1.807, 2.05) is 0 Å². The number of rotatable bonds is 0. The van der Waals surface area contributed by atoms with E-state index in [1.165, 1.54) is 43.6 Å². The largest absolute Gasteiger partial charge is 0.344 e. The zero-order valence-corrected chi connectivity index (χ0v) is 15.2. The first kappa shape index (κ1) is 14.6. The summed E-state index contributed by atoms with van der Waals surface area (Å²) >= 11 is 0. The summed E-state index contributed by atoms with van der Waals surface area (Å²) in [4.78, 5) is 0. The summed E-state index contributed by atoms with van der Waals surface area (Å²) in [5.74, 6) is 0. The third kappa shape index (κ3) is 1.85. The van der Waals surface area contributed by atoms with Crippen LogP contribution in [0.5, 0.6) is 0 Å². The van der Waals surface area contributed by atoms with Crippen LogP contribution in [0.2, 0.25) is 0 Å². The second-order valence-electron chi connectivity index (χ2n) is 7.99. The van der Waals surface area contributed by atoms with E-state index in [0.717, 1.165) is 0 Å². The van der Waals surface area contributed by atoms with E-state index in [4.69, 9.17) is 0 Å². The van der Waals surface area contributed by atoms with Gasteiger partial charge in [0.05, 0.1) is 11.0 Å². The van der Waals surface area contributed by atoms with E-state index in [1.54, 1.807) is 0 Å². The van der Waals surface area contributed by atoms with Crippen molar-refractivity contribution in [1.82, 2.24) is 9.13 Å². The average Bonchev–Trinajstić information content (AvgIpc) is 3.07. The van der Waals surface area contributed by atoms with Gasteiger partial charge in [-0.15, -0.1) is 0 Å². The van der Waals surface area contributed by atoms with Crippen LogP contribution in [0.1, 0.15) is 20.8 Å². The first-order valence-corrected chi connectivity index (χ1v) is 8.87. The molecule has 5 rings (SSSR count). The molecule has 5 aromatic rings. The van der Waals surface area contributed by atoms with Gasteiger partial charge in [-0.1, -0.05) is 36.4 Å². The minimum absolute atomic E-state index is 0.0274. The topological polar surface area (TPSA) is 9.86 Å². The molecule has 0 amide bonds. The molecule has 2 aromatic heterocycles. The van der Waals surface area contributed by atoms with Crippen molar-refractivity contribution in [2.45, 2.75) is 26.3 Å². The summed E-state index contributed by atoms with van der Waals surface area (Å²) in [5, 5.41) is 5.34. The molecule has 25 heavy (non-hydrogen) atoms. The minimum atomic E-state index is 0.0274. The number of para-hydroxylation sites is 2. The zero-order chi connectivity index (χ0) is 17.3. The van der Waals surface area contributed by atoms with Gasteiger partial charge in [0.25, 0.3) is 0 Å². The van der Waals surface area contributed by atoms with E-state index in [9.17, 15) is 0 Å². The molecule has 0 aliphatic rings. The van der Waals surface area contributed by atoms with Crippen LogP contribution in [0.4, 0.5) is 0 Å². The summed E-state index contributed by atoms with van der Waals surface area (Å²) in [7, 11) is 2.17. The van der Waals surface area contributed by atoms with E-state index < -0.39 is 0 Å². The van der Waals surface area contributed by atoms with Gasteiger partial charge < -0.3 is 9.13 Å². The van der Waals surface area contributed by atoms with Crippen molar-refractivity contribution >= 4 is 43.6 Å². The van der Waals surface area contributed by atoms with Gasteiger partial charge in [0, 0.05) is 45.2 Å². The fourth-order valence-electron chi connectivity index (χ4n) is 4.34. The quantitative estimate of drug-likeness (QED) is 0.321. The molecule has 0 atom stereocenters. The first-order chi connectivity index (χ1) is 12.0. The predicted molar refractivity (Wildman–Crippen MR) is 108 cm³/mol. The summed E-state index contributed by atoms with van der Waals surface area (Å²) in [5.41, 5.74) is 5.23. The molecule has 0 aliphatic carbocycles. The van der Waals surface area contributed by atoms with Crippen LogP contribution in [-0.2, 0) is 12.6 Å².